The fraction of sp³-hybridized carbons (Fsp3) is 0.947. The van der Waals surface area contributed by atoms with Gasteiger partial charge in [-0.15, -0.1) is 0 Å². The van der Waals surface area contributed by atoms with E-state index in [4.69, 9.17) is 37.0 Å². The average molecular weight is 1400 g/mol. The van der Waals surface area contributed by atoms with Gasteiger partial charge in [-0.05, 0) is 37.5 Å². The highest BCUT2D eigenvalue weighted by molar-refractivity contribution is 7.47. The van der Waals surface area contributed by atoms with Gasteiger partial charge in [0.25, 0.3) is 0 Å². The van der Waals surface area contributed by atoms with Crippen molar-refractivity contribution in [3.05, 3.63) is 0 Å². The summed E-state index contributed by atoms with van der Waals surface area (Å²) in [5.74, 6) is -0.486. The van der Waals surface area contributed by atoms with E-state index in [0.29, 0.717) is 25.7 Å². The van der Waals surface area contributed by atoms with Crippen molar-refractivity contribution in [1.29, 1.82) is 0 Å². The summed E-state index contributed by atoms with van der Waals surface area (Å²) in [6.07, 6.45) is 55.3. The molecule has 17 nitrogen and oxygen atoms in total. The number of hydrogen-bond acceptors (Lipinski definition) is 15. The average Bonchev–Trinajstić information content (AvgIpc) is 3.76. The molecule has 6 atom stereocenters. The molecular formula is C76H148O17P2. The largest absolute Gasteiger partial charge is 0.472 e. The second-order valence-electron chi connectivity index (χ2n) is 28.1. The summed E-state index contributed by atoms with van der Waals surface area (Å²) < 4.78 is 68.5. The van der Waals surface area contributed by atoms with E-state index in [9.17, 15) is 43.2 Å². The third kappa shape index (κ3) is 69.0. The van der Waals surface area contributed by atoms with Gasteiger partial charge in [0.2, 0.25) is 0 Å². The number of phosphoric acid groups is 2. The number of esters is 4. The van der Waals surface area contributed by atoms with Crippen molar-refractivity contribution < 1.29 is 80.2 Å². The molecule has 0 aromatic heterocycles. The number of rotatable bonds is 75. The molecule has 0 heterocycles. The van der Waals surface area contributed by atoms with Gasteiger partial charge in [0, 0.05) is 25.7 Å². The smallest absolute Gasteiger partial charge is 0.462 e. The molecule has 0 spiro atoms. The molecular weight excluding hydrogens is 1250 g/mol. The third-order valence-electron chi connectivity index (χ3n) is 18.1. The van der Waals surface area contributed by atoms with Crippen LogP contribution < -0.4 is 0 Å². The number of unbranched alkanes of at least 4 members (excludes halogenated alkanes) is 44. The fourth-order valence-corrected chi connectivity index (χ4v) is 13.2. The van der Waals surface area contributed by atoms with Crippen molar-refractivity contribution in [2.45, 2.75) is 413 Å². The van der Waals surface area contributed by atoms with Gasteiger partial charge in [-0.3, -0.25) is 37.3 Å². The van der Waals surface area contributed by atoms with E-state index in [-0.39, 0.29) is 25.7 Å². The summed E-state index contributed by atoms with van der Waals surface area (Å²) >= 11 is 0. The molecule has 0 fully saturated rings. The van der Waals surface area contributed by atoms with E-state index in [1.807, 2.05) is 0 Å². The molecule has 0 aliphatic rings. The van der Waals surface area contributed by atoms with Gasteiger partial charge in [-0.25, -0.2) is 9.13 Å². The zero-order valence-electron chi connectivity index (χ0n) is 62.0. The lowest BCUT2D eigenvalue weighted by atomic mass is 9.99. The van der Waals surface area contributed by atoms with Crippen molar-refractivity contribution >= 4 is 39.5 Å². The van der Waals surface area contributed by atoms with Gasteiger partial charge < -0.3 is 33.8 Å². The quantitative estimate of drug-likeness (QED) is 0.0222. The molecule has 0 aliphatic carbocycles. The molecule has 0 saturated heterocycles. The lowest BCUT2D eigenvalue weighted by Crippen LogP contribution is -2.30. The van der Waals surface area contributed by atoms with Crippen LogP contribution in [0.2, 0.25) is 0 Å². The molecule has 0 aromatic rings. The third-order valence-corrected chi connectivity index (χ3v) is 20.0. The van der Waals surface area contributed by atoms with Crippen LogP contribution in [-0.4, -0.2) is 96.7 Å². The number of hydrogen-bond donors (Lipinski definition) is 3. The fourth-order valence-electron chi connectivity index (χ4n) is 11.6. The Bertz CT molecular complexity index is 1840. The van der Waals surface area contributed by atoms with Crippen LogP contribution in [0.3, 0.4) is 0 Å². The molecule has 0 amide bonds. The predicted molar refractivity (Wildman–Crippen MR) is 386 cm³/mol. The Morgan fingerprint density at radius 3 is 0.800 bits per heavy atom. The molecule has 95 heavy (non-hydrogen) atoms. The van der Waals surface area contributed by atoms with Gasteiger partial charge in [-0.2, -0.15) is 0 Å². The Hall–Kier alpha value is -1.94. The molecule has 3 unspecified atom stereocenters. The zero-order valence-corrected chi connectivity index (χ0v) is 63.8. The van der Waals surface area contributed by atoms with Crippen LogP contribution in [0.25, 0.3) is 0 Å². The molecule has 0 aromatic carbocycles. The van der Waals surface area contributed by atoms with Crippen molar-refractivity contribution in [2.24, 2.45) is 11.8 Å². The van der Waals surface area contributed by atoms with Crippen LogP contribution in [0.4, 0.5) is 0 Å². The predicted octanol–water partition coefficient (Wildman–Crippen LogP) is 22.3. The molecule has 0 saturated carbocycles. The first-order valence-corrected chi connectivity index (χ1v) is 42.5. The first kappa shape index (κ1) is 93.1. The lowest BCUT2D eigenvalue weighted by molar-refractivity contribution is -0.161. The van der Waals surface area contributed by atoms with E-state index in [1.54, 1.807) is 0 Å². The summed E-state index contributed by atoms with van der Waals surface area (Å²) in [4.78, 5) is 72.8. The lowest BCUT2D eigenvalue weighted by Gasteiger charge is -2.21. The van der Waals surface area contributed by atoms with E-state index in [1.165, 1.54) is 212 Å². The maximum absolute atomic E-state index is 13.1. The number of phosphoric ester groups is 2. The van der Waals surface area contributed by atoms with E-state index in [0.717, 1.165) is 102 Å². The van der Waals surface area contributed by atoms with Crippen molar-refractivity contribution in [2.75, 3.05) is 39.6 Å². The number of ether oxygens (including phenoxy) is 4. The monoisotopic (exact) mass is 1400 g/mol. The van der Waals surface area contributed by atoms with Gasteiger partial charge in [0.05, 0.1) is 26.4 Å². The number of carbonyl (C=O) groups excluding carboxylic acids is 4. The van der Waals surface area contributed by atoms with Crippen LogP contribution in [0, 0.1) is 11.8 Å². The number of aliphatic hydroxyl groups is 1. The molecule has 19 heteroatoms. The van der Waals surface area contributed by atoms with Gasteiger partial charge >= 0.3 is 39.5 Å². The van der Waals surface area contributed by atoms with E-state index >= 15 is 0 Å². The summed E-state index contributed by atoms with van der Waals surface area (Å²) in [5, 5.41) is 10.6. The Morgan fingerprint density at radius 2 is 0.537 bits per heavy atom. The standard InChI is InChI=1S/C76H148O17P2/c1-7-10-12-14-16-18-26-34-40-46-52-58-73(78)86-64-71(92-75(80)60-54-48-42-36-27-19-17-15-13-11-8-2)66-90-94(82,83)88-62-70(77)63-89-95(84,85)91-67-72(65-87-74(79)59-53-47-41-35-30-25-24-28-32-38-44-50-56-68(4)5)93-76(81)61-55-49-43-37-31-23-21-20-22-29-33-39-45-51-57-69(6)9-3/h68-72,77H,7-67H2,1-6H3,(H,82,83)(H,84,85)/t69?,70-,71+,72+/m0/s1. The topological polar surface area (TPSA) is 237 Å². The van der Waals surface area contributed by atoms with Crippen molar-refractivity contribution in [1.82, 2.24) is 0 Å². The summed E-state index contributed by atoms with van der Waals surface area (Å²) in [6.45, 7) is 9.66. The van der Waals surface area contributed by atoms with Crippen LogP contribution >= 0.6 is 15.6 Å². The number of carbonyl (C=O) groups is 4. The SMILES string of the molecule is CCCCCCCCCCCCCC(=O)OC[C@H](COP(=O)(O)OC[C@H](O)COP(=O)(O)OC[C@@H](COC(=O)CCCCCCCCCCCCCCC(C)C)OC(=O)CCCCCCCCCCCCCCCCC(C)CC)OC(=O)CCCCCCCCCCCCC. The van der Waals surface area contributed by atoms with Crippen LogP contribution in [0.1, 0.15) is 395 Å². The van der Waals surface area contributed by atoms with Gasteiger partial charge in [0.1, 0.15) is 19.3 Å². The molecule has 3 N–H and O–H groups in total. The van der Waals surface area contributed by atoms with Gasteiger partial charge in [-0.1, -0.05) is 343 Å². The van der Waals surface area contributed by atoms with Crippen LogP contribution in [-0.2, 0) is 65.4 Å². The highest BCUT2D eigenvalue weighted by atomic mass is 31.2. The summed E-state index contributed by atoms with van der Waals surface area (Å²) in [5.41, 5.74) is 0. The van der Waals surface area contributed by atoms with E-state index < -0.39 is 97.5 Å². The van der Waals surface area contributed by atoms with Crippen LogP contribution in [0.5, 0.6) is 0 Å². The minimum atomic E-state index is -4.96. The normalized spacial score (nSPS) is 14.3. The second-order valence-corrected chi connectivity index (χ2v) is 31.0. The first-order valence-electron chi connectivity index (χ1n) is 39.5. The minimum absolute atomic E-state index is 0.107. The molecule has 564 valence electrons. The van der Waals surface area contributed by atoms with Crippen molar-refractivity contribution in [3.8, 4) is 0 Å². The highest BCUT2D eigenvalue weighted by Crippen LogP contribution is 2.45. The minimum Gasteiger partial charge on any atom is -0.462 e. The Balaban J connectivity index is 5.24. The van der Waals surface area contributed by atoms with Gasteiger partial charge in [0.15, 0.2) is 12.2 Å². The molecule has 0 radical (unpaired) electrons. The Labute approximate surface area is 581 Å². The van der Waals surface area contributed by atoms with E-state index in [2.05, 4.69) is 41.5 Å². The molecule has 0 rings (SSSR count). The maximum atomic E-state index is 13.1. The zero-order chi connectivity index (χ0) is 70.0. The Morgan fingerprint density at radius 1 is 0.305 bits per heavy atom. The summed E-state index contributed by atoms with van der Waals surface area (Å²) in [7, 11) is -9.91. The number of aliphatic hydroxyl groups excluding tert-OH is 1. The maximum Gasteiger partial charge on any atom is 0.472 e. The van der Waals surface area contributed by atoms with Crippen molar-refractivity contribution in [3.63, 3.8) is 0 Å². The van der Waals surface area contributed by atoms with Crippen LogP contribution in [0.15, 0.2) is 0 Å². The molecule has 0 aliphatic heterocycles. The second kappa shape index (κ2) is 67.9. The Kier molecular flexibility index (Phi) is 66.5. The summed E-state index contributed by atoms with van der Waals surface area (Å²) in [6, 6.07) is 0. The first-order chi connectivity index (χ1) is 45.9. The highest BCUT2D eigenvalue weighted by Gasteiger charge is 2.30. The molecule has 0 bridgehead atoms.